The molecule has 1 aromatic carbocycles. The Morgan fingerprint density at radius 3 is 2.26 bits per heavy atom. The largest absolute Gasteiger partial charge is 0.369 e. The lowest BCUT2D eigenvalue weighted by molar-refractivity contribution is 0.253. The molecule has 0 unspecified atom stereocenters. The van der Waals surface area contributed by atoms with Gasteiger partial charge in [0.15, 0.2) is 0 Å². The van der Waals surface area contributed by atoms with Crippen LogP contribution in [0.4, 0.5) is 5.69 Å². The summed E-state index contributed by atoms with van der Waals surface area (Å²) in [5.74, 6) is 1.02. The molecule has 0 saturated carbocycles. The van der Waals surface area contributed by atoms with Crippen LogP contribution in [0.25, 0.3) is 0 Å². The Kier molecular flexibility index (Phi) is 6.35. The number of piperazine rings is 1. The maximum atomic E-state index is 5.92. The number of halogens is 1. The number of hydrogen-bond donors (Lipinski definition) is 1. The molecule has 1 aromatic rings. The molecule has 4 heteroatoms. The van der Waals surface area contributed by atoms with Gasteiger partial charge in [0.05, 0.1) is 0 Å². The fourth-order valence-electron chi connectivity index (χ4n) is 2.51. The Balaban J connectivity index is 1.71. The highest BCUT2D eigenvalue weighted by Gasteiger charge is 2.16. The number of anilines is 1. The van der Waals surface area contributed by atoms with E-state index in [1.807, 2.05) is 12.1 Å². The van der Waals surface area contributed by atoms with E-state index in [9.17, 15) is 0 Å². The smallest absolute Gasteiger partial charge is 0.0407 e. The van der Waals surface area contributed by atoms with Gasteiger partial charge < -0.3 is 4.90 Å². The topological polar surface area (TPSA) is 6.48 Å². The highest BCUT2D eigenvalue weighted by molar-refractivity contribution is 7.80. The second-order valence-electron chi connectivity index (χ2n) is 5.09. The van der Waals surface area contributed by atoms with Crippen molar-refractivity contribution in [3.8, 4) is 0 Å². The van der Waals surface area contributed by atoms with Crippen LogP contribution in [0.5, 0.6) is 0 Å². The summed E-state index contributed by atoms with van der Waals surface area (Å²) >= 11 is 10.2. The Bertz CT molecular complexity index is 361. The number of rotatable bonds is 6. The summed E-state index contributed by atoms with van der Waals surface area (Å²) in [4.78, 5) is 5.02. The average Bonchev–Trinajstić information content (AvgIpc) is 2.45. The van der Waals surface area contributed by atoms with Crippen LogP contribution in [-0.4, -0.2) is 43.4 Å². The first kappa shape index (κ1) is 15.0. The molecule has 0 bridgehead atoms. The fraction of sp³-hybridized carbons (Fsp3) is 0.600. The van der Waals surface area contributed by atoms with Crippen molar-refractivity contribution in [2.45, 2.75) is 19.3 Å². The van der Waals surface area contributed by atoms with Gasteiger partial charge >= 0.3 is 0 Å². The molecule has 106 valence electrons. The number of nitrogens with zero attached hydrogens (tertiary/aromatic N) is 2. The third-order valence-electron chi connectivity index (χ3n) is 3.70. The minimum Gasteiger partial charge on any atom is -0.369 e. The van der Waals surface area contributed by atoms with Crippen molar-refractivity contribution < 1.29 is 0 Å². The third-order valence-corrected chi connectivity index (χ3v) is 4.26. The van der Waals surface area contributed by atoms with Gasteiger partial charge in [-0.25, -0.2) is 0 Å². The zero-order valence-electron chi connectivity index (χ0n) is 11.4. The maximum Gasteiger partial charge on any atom is 0.0407 e. The average molecular weight is 299 g/mol. The number of unbranched alkanes of at least 4 members (excludes halogenated alkanes) is 2. The normalized spacial score (nSPS) is 16.8. The molecule has 19 heavy (non-hydrogen) atoms. The summed E-state index contributed by atoms with van der Waals surface area (Å²) in [6, 6.07) is 8.18. The van der Waals surface area contributed by atoms with Gasteiger partial charge in [-0.15, -0.1) is 0 Å². The van der Waals surface area contributed by atoms with Crippen LogP contribution in [0, 0.1) is 0 Å². The molecule has 1 fully saturated rings. The van der Waals surface area contributed by atoms with E-state index in [0.29, 0.717) is 0 Å². The van der Waals surface area contributed by atoms with Crippen LogP contribution < -0.4 is 4.90 Å². The maximum absolute atomic E-state index is 5.92. The van der Waals surface area contributed by atoms with Crippen molar-refractivity contribution >= 4 is 29.9 Å². The molecule has 0 radical (unpaired) electrons. The number of benzene rings is 1. The van der Waals surface area contributed by atoms with Crippen molar-refractivity contribution in [2.75, 3.05) is 43.4 Å². The van der Waals surface area contributed by atoms with Crippen LogP contribution in [0.2, 0.25) is 5.02 Å². The summed E-state index contributed by atoms with van der Waals surface area (Å²) in [5.41, 5.74) is 1.29. The molecule has 2 nitrogen and oxygen atoms in total. The lowest BCUT2D eigenvalue weighted by Crippen LogP contribution is -2.46. The van der Waals surface area contributed by atoms with Gasteiger partial charge in [0.2, 0.25) is 0 Å². The van der Waals surface area contributed by atoms with Crippen LogP contribution in [-0.2, 0) is 0 Å². The van der Waals surface area contributed by atoms with E-state index in [2.05, 4.69) is 34.6 Å². The Labute approximate surface area is 127 Å². The van der Waals surface area contributed by atoms with E-state index in [4.69, 9.17) is 11.6 Å². The number of thiol groups is 1. The van der Waals surface area contributed by atoms with Crippen LogP contribution in [0.3, 0.4) is 0 Å². The summed E-state index contributed by atoms with van der Waals surface area (Å²) in [6.45, 7) is 5.82. The molecule has 1 aliphatic rings. The zero-order valence-corrected chi connectivity index (χ0v) is 13.0. The Hall–Kier alpha value is -0.380. The molecule has 1 saturated heterocycles. The fourth-order valence-corrected chi connectivity index (χ4v) is 2.86. The Morgan fingerprint density at radius 1 is 0.947 bits per heavy atom. The molecule has 0 atom stereocenters. The second-order valence-corrected chi connectivity index (χ2v) is 5.97. The van der Waals surface area contributed by atoms with Crippen molar-refractivity contribution in [3.05, 3.63) is 29.3 Å². The van der Waals surface area contributed by atoms with E-state index < -0.39 is 0 Å². The van der Waals surface area contributed by atoms with Crippen LogP contribution in [0.1, 0.15) is 19.3 Å². The summed E-state index contributed by atoms with van der Waals surface area (Å²) in [7, 11) is 0. The predicted octanol–water partition coefficient (Wildman–Crippen LogP) is 3.56. The third kappa shape index (κ3) is 4.90. The first-order valence-corrected chi connectivity index (χ1v) is 8.14. The second kappa shape index (κ2) is 8.03. The lowest BCUT2D eigenvalue weighted by Gasteiger charge is -2.36. The molecule has 1 aliphatic heterocycles. The highest BCUT2D eigenvalue weighted by Crippen LogP contribution is 2.19. The zero-order chi connectivity index (χ0) is 13.5. The van der Waals surface area contributed by atoms with Gasteiger partial charge in [-0.3, -0.25) is 4.90 Å². The minimum absolute atomic E-state index is 0.812. The molecule has 0 N–H and O–H groups in total. The minimum atomic E-state index is 0.812. The van der Waals surface area contributed by atoms with Gasteiger partial charge in [0.1, 0.15) is 0 Å². The standard InChI is InChI=1S/C15H23ClN2S/c16-14-4-6-15(7-5-14)18-11-9-17(10-12-18)8-2-1-3-13-19/h4-7,19H,1-3,8-13H2. The molecule has 0 amide bonds. The molecular formula is C15H23ClN2S. The Morgan fingerprint density at radius 2 is 1.63 bits per heavy atom. The molecule has 2 rings (SSSR count). The van der Waals surface area contributed by atoms with Crippen molar-refractivity contribution in [1.82, 2.24) is 4.90 Å². The molecule has 0 aliphatic carbocycles. The molecule has 0 aromatic heterocycles. The van der Waals surface area contributed by atoms with Gasteiger partial charge in [-0.1, -0.05) is 18.0 Å². The van der Waals surface area contributed by atoms with Gasteiger partial charge in [-0.2, -0.15) is 12.6 Å². The van der Waals surface area contributed by atoms with E-state index in [-0.39, 0.29) is 0 Å². The molecular weight excluding hydrogens is 276 g/mol. The summed E-state index contributed by atoms with van der Waals surface area (Å²) < 4.78 is 0. The quantitative estimate of drug-likeness (QED) is 0.634. The van der Waals surface area contributed by atoms with Crippen LogP contribution in [0.15, 0.2) is 24.3 Å². The molecule has 1 heterocycles. The first-order chi connectivity index (χ1) is 9.29. The van der Waals surface area contributed by atoms with Crippen LogP contribution >= 0.6 is 24.2 Å². The highest BCUT2D eigenvalue weighted by atomic mass is 35.5. The monoisotopic (exact) mass is 298 g/mol. The SMILES string of the molecule is SCCCCCN1CCN(c2ccc(Cl)cc2)CC1. The van der Waals surface area contributed by atoms with Gasteiger partial charge in [0, 0.05) is 36.9 Å². The first-order valence-electron chi connectivity index (χ1n) is 7.13. The van der Waals surface area contributed by atoms with E-state index >= 15 is 0 Å². The van der Waals surface area contributed by atoms with Crippen molar-refractivity contribution in [3.63, 3.8) is 0 Å². The van der Waals surface area contributed by atoms with Gasteiger partial charge in [0.25, 0.3) is 0 Å². The summed E-state index contributed by atoms with van der Waals surface area (Å²) in [5, 5.41) is 0.812. The summed E-state index contributed by atoms with van der Waals surface area (Å²) in [6.07, 6.45) is 3.86. The van der Waals surface area contributed by atoms with E-state index in [0.717, 1.165) is 23.9 Å². The predicted molar refractivity (Wildman–Crippen MR) is 87.8 cm³/mol. The van der Waals surface area contributed by atoms with Crippen molar-refractivity contribution in [1.29, 1.82) is 0 Å². The molecule has 0 spiro atoms. The van der Waals surface area contributed by atoms with Crippen molar-refractivity contribution in [2.24, 2.45) is 0 Å². The van der Waals surface area contributed by atoms with Gasteiger partial charge in [-0.05, 0) is 49.4 Å². The van der Waals surface area contributed by atoms with E-state index in [1.54, 1.807) is 0 Å². The number of hydrogen-bond acceptors (Lipinski definition) is 3. The van der Waals surface area contributed by atoms with E-state index in [1.165, 1.54) is 44.6 Å². The lowest BCUT2D eigenvalue weighted by atomic mass is 10.2.